The Morgan fingerprint density at radius 1 is 1.10 bits per heavy atom. The van der Waals surface area contributed by atoms with E-state index < -0.39 is 0 Å². The maximum Gasteiger partial charge on any atom is 4.00 e. The van der Waals surface area contributed by atoms with Gasteiger partial charge >= 0.3 is 21.7 Å². The zero-order valence-corrected chi connectivity index (χ0v) is 18.2. The average molecular weight is 388 g/mol. The summed E-state index contributed by atoms with van der Waals surface area (Å²) in [6, 6.07) is 3.94. The van der Waals surface area contributed by atoms with Crippen LogP contribution in [0.5, 0.6) is 0 Å². The summed E-state index contributed by atoms with van der Waals surface area (Å²) in [5.41, 5.74) is 6.73. The summed E-state index contributed by atoms with van der Waals surface area (Å²) in [4.78, 5) is 0. The second-order valence-corrected chi connectivity index (χ2v) is 9.69. The van der Waals surface area contributed by atoms with Crippen LogP contribution in [0.4, 0.5) is 0 Å². The molecule has 0 aromatic heterocycles. The third-order valence-electron chi connectivity index (χ3n) is 3.94. The smallest absolute Gasteiger partial charge is 1.00 e. The summed E-state index contributed by atoms with van der Waals surface area (Å²) < 4.78 is 0. The first-order chi connectivity index (χ1) is 7.47. The van der Waals surface area contributed by atoms with Crippen molar-refractivity contribution in [2.75, 3.05) is 0 Å². The third-order valence-corrected chi connectivity index (χ3v) is 6.23. The molecule has 1 aromatic carbocycles. The fraction of sp³-hybridized carbons (Fsp3) is 0.667. The molecule has 20 heavy (non-hydrogen) atoms. The fourth-order valence-corrected chi connectivity index (χ4v) is 4.34. The van der Waals surface area contributed by atoms with Crippen LogP contribution in [0.2, 0.25) is 5.04 Å². The van der Waals surface area contributed by atoms with Gasteiger partial charge in [-0.3, -0.25) is 0 Å². The molecular formula is C15H25Cl3SiTi. The van der Waals surface area contributed by atoms with Crippen molar-refractivity contribution in [1.82, 2.24) is 0 Å². The van der Waals surface area contributed by atoms with Crippen molar-refractivity contribution >= 4 is 9.52 Å². The van der Waals surface area contributed by atoms with Crippen LogP contribution in [0.15, 0.2) is 6.07 Å². The van der Waals surface area contributed by atoms with Crippen LogP contribution in [0.25, 0.3) is 0 Å². The molecule has 5 heteroatoms. The predicted octanol–water partition coefficient (Wildman–Crippen LogP) is -5.51. The van der Waals surface area contributed by atoms with Crippen LogP contribution < -0.4 is 37.2 Å². The summed E-state index contributed by atoms with van der Waals surface area (Å²) in [6.07, 6.45) is 5.51. The quantitative estimate of drug-likeness (QED) is 0.351. The van der Waals surface area contributed by atoms with Gasteiger partial charge < -0.3 is 37.2 Å². The van der Waals surface area contributed by atoms with Gasteiger partial charge in [-0.25, -0.2) is 6.07 Å². The summed E-state index contributed by atoms with van der Waals surface area (Å²) in [5, 5.41) is 0.601. The van der Waals surface area contributed by atoms with E-state index in [-0.39, 0.29) is 68.5 Å². The standard InChI is InChI=1S/C15H25Si.3ClH.Ti/c1-11-13(10-16-15(2,3)4)9-12-7-5-6-8-14(11)12;;;;/h9H,5-8,10,16H2,1-4H3;3*1H;/q-1;;;;+4/p-3. The molecular weight excluding hydrogens is 362 g/mol. The number of fused-ring (bicyclic) bond motifs is 1. The second-order valence-electron chi connectivity index (χ2n) is 6.57. The minimum absolute atomic E-state index is 0. The normalized spacial score (nSPS) is 13.6. The molecule has 0 saturated carbocycles. The molecule has 2 rings (SSSR count). The van der Waals surface area contributed by atoms with Crippen LogP contribution in [-0.2, 0) is 40.6 Å². The molecule has 0 unspecified atom stereocenters. The molecule has 0 bridgehead atoms. The number of hydrogen-bond acceptors (Lipinski definition) is 0. The van der Waals surface area contributed by atoms with Crippen LogP contribution in [0, 0.1) is 6.92 Å². The summed E-state index contributed by atoms with van der Waals surface area (Å²) in [7, 11) is 0.0324. The molecule has 1 aliphatic carbocycles. The van der Waals surface area contributed by atoms with Crippen LogP contribution in [0.1, 0.15) is 55.9 Å². The van der Waals surface area contributed by atoms with Gasteiger partial charge in [0.25, 0.3) is 0 Å². The summed E-state index contributed by atoms with van der Waals surface area (Å²) in [5.74, 6) is 0. The summed E-state index contributed by atoms with van der Waals surface area (Å²) in [6.45, 7) is 9.56. The molecule has 0 atom stereocenters. The van der Waals surface area contributed by atoms with Gasteiger partial charge in [0, 0.05) is 9.52 Å². The molecule has 0 amide bonds. The maximum absolute atomic E-state index is 2.53. The zero-order valence-electron chi connectivity index (χ0n) is 13.0. The molecule has 0 aliphatic heterocycles. The number of hydrogen-bond donors (Lipinski definition) is 0. The van der Waals surface area contributed by atoms with Crippen molar-refractivity contribution < 1.29 is 58.9 Å². The Labute approximate surface area is 160 Å². The summed E-state index contributed by atoms with van der Waals surface area (Å²) >= 11 is 0. The van der Waals surface area contributed by atoms with Crippen molar-refractivity contribution in [1.29, 1.82) is 0 Å². The van der Waals surface area contributed by atoms with Crippen molar-refractivity contribution in [2.24, 2.45) is 0 Å². The van der Waals surface area contributed by atoms with Crippen LogP contribution in [-0.4, -0.2) is 9.52 Å². The Hall–Kier alpha value is 1.15. The molecule has 1 aromatic rings. The van der Waals surface area contributed by atoms with E-state index in [1.807, 2.05) is 0 Å². The number of rotatable bonds is 2. The molecule has 1 aliphatic rings. The minimum atomic E-state index is 0. The Morgan fingerprint density at radius 2 is 1.65 bits per heavy atom. The van der Waals surface area contributed by atoms with E-state index in [2.05, 4.69) is 33.8 Å². The molecule has 0 nitrogen and oxygen atoms in total. The van der Waals surface area contributed by atoms with Gasteiger partial charge in [-0.15, -0.1) is 0 Å². The van der Waals surface area contributed by atoms with E-state index >= 15 is 0 Å². The number of halogens is 3. The second kappa shape index (κ2) is 10.8. The van der Waals surface area contributed by atoms with Crippen molar-refractivity contribution in [3.05, 3.63) is 28.3 Å². The molecule has 0 radical (unpaired) electrons. The Bertz CT molecular complexity index is 383. The van der Waals surface area contributed by atoms with Crippen LogP contribution in [0.3, 0.4) is 0 Å². The Morgan fingerprint density at radius 3 is 2.15 bits per heavy atom. The largest absolute Gasteiger partial charge is 4.00 e. The van der Waals surface area contributed by atoms with E-state index in [1.54, 1.807) is 22.3 Å². The average Bonchev–Trinajstić information content (AvgIpc) is 2.53. The van der Waals surface area contributed by atoms with Gasteiger partial charge in [-0.05, 0) is 5.04 Å². The third kappa shape index (κ3) is 6.94. The van der Waals surface area contributed by atoms with E-state index in [4.69, 9.17) is 0 Å². The first kappa shape index (κ1) is 26.1. The molecule has 0 heterocycles. The molecule has 0 saturated heterocycles. The monoisotopic (exact) mass is 386 g/mol. The van der Waals surface area contributed by atoms with Crippen molar-refractivity contribution in [3.8, 4) is 0 Å². The predicted molar refractivity (Wildman–Crippen MR) is 75.4 cm³/mol. The van der Waals surface area contributed by atoms with Crippen molar-refractivity contribution in [3.63, 3.8) is 0 Å². The van der Waals surface area contributed by atoms with E-state index in [0.29, 0.717) is 5.04 Å². The SMILES string of the molecule is C[c-]1c(C[SiH2]C(C)(C)C)cc2c1CCCC2.[Cl-].[Cl-].[Cl-].[Ti+4]. The maximum atomic E-state index is 2.53. The minimum Gasteiger partial charge on any atom is -1.00 e. The Kier molecular flexibility index (Phi) is 14.1. The zero-order chi connectivity index (χ0) is 11.8. The van der Waals surface area contributed by atoms with Gasteiger partial charge in [0.2, 0.25) is 0 Å². The molecule has 114 valence electrons. The van der Waals surface area contributed by atoms with Crippen molar-refractivity contribution in [2.45, 2.75) is 64.5 Å². The molecule has 0 spiro atoms. The Balaban J connectivity index is -0.000000722. The van der Waals surface area contributed by atoms with E-state index in [9.17, 15) is 0 Å². The van der Waals surface area contributed by atoms with Gasteiger partial charge in [-0.1, -0.05) is 59.4 Å². The van der Waals surface area contributed by atoms with Gasteiger partial charge in [0.05, 0.1) is 0 Å². The van der Waals surface area contributed by atoms with E-state index in [0.717, 1.165) is 0 Å². The molecule has 0 N–H and O–H groups in total. The fourth-order valence-electron chi connectivity index (χ4n) is 2.80. The van der Waals surface area contributed by atoms with Gasteiger partial charge in [0.1, 0.15) is 0 Å². The first-order valence-electron chi connectivity index (χ1n) is 6.74. The first-order valence-corrected chi connectivity index (χ1v) is 8.45. The van der Waals surface area contributed by atoms with E-state index in [1.165, 1.54) is 31.7 Å². The number of aryl methyl sites for hydroxylation is 1. The van der Waals surface area contributed by atoms with Gasteiger partial charge in [-0.2, -0.15) is 22.3 Å². The van der Waals surface area contributed by atoms with Crippen LogP contribution >= 0.6 is 0 Å². The molecule has 0 fully saturated rings. The van der Waals surface area contributed by atoms with Gasteiger partial charge in [0.15, 0.2) is 0 Å². The topological polar surface area (TPSA) is 0 Å².